The number of aryl methyl sites for hydroxylation is 2. The van der Waals surface area contributed by atoms with Crippen molar-refractivity contribution in [3.8, 4) is 11.8 Å². The normalized spacial score (nSPS) is 21.1. The number of hydrogen-bond donors (Lipinski definition) is 0. The third-order valence-corrected chi connectivity index (χ3v) is 5.60. The Bertz CT molecular complexity index is 1030. The fraction of sp³-hybridized carbons (Fsp3) is 0.240. The van der Waals surface area contributed by atoms with Gasteiger partial charge in [0, 0.05) is 21.7 Å². The summed E-state index contributed by atoms with van der Waals surface area (Å²) in [6.07, 6.45) is 10.9. The van der Waals surface area contributed by atoms with Gasteiger partial charge in [0.25, 0.3) is 0 Å². The third kappa shape index (κ3) is 3.92. The summed E-state index contributed by atoms with van der Waals surface area (Å²) in [5.74, 6) is 6.29. The fourth-order valence-electron chi connectivity index (χ4n) is 3.76. The number of fused-ring (bicyclic) bond motifs is 2. The van der Waals surface area contributed by atoms with E-state index in [0.29, 0.717) is 6.54 Å². The molecule has 27 heavy (non-hydrogen) atoms. The SMILES string of the molecule is CC1=C\C=C/C#Cc2cccc(Cl)c2C/N=C\1c1ccc2c(c1)CCCC2. The van der Waals surface area contributed by atoms with Crippen LogP contribution >= 0.6 is 11.6 Å². The smallest absolute Gasteiger partial charge is 0.0679 e. The molecule has 0 aromatic heterocycles. The minimum absolute atomic E-state index is 0.529. The highest BCUT2D eigenvalue weighted by Crippen LogP contribution is 2.25. The van der Waals surface area contributed by atoms with Crippen molar-refractivity contribution in [3.05, 3.63) is 93.0 Å². The summed E-state index contributed by atoms with van der Waals surface area (Å²) >= 11 is 6.46. The van der Waals surface area contributed by atoms with Gasteiger partial charge in [-0.05, 0) is 73.6 Å². The van der Waals surface area contributed by atoms with Gasteiger partial charge in [0.15, 0.2) is 0 Å². The maximum absolute atomic E-state index is 6.46. The average molecular weight is 372 g/mol. The predicted octanol–water partition coefficient (Wildman–Crippen LogP) is 6.08. The monoisotopic (exact) mass is 371 g/mol. The quantitative estimate of drug-likeness (QED) is 0.539. The Labute approximate surface area is 166 Å². The first kappa shape index (κ1) is 17.8. The lowest BCUT2D eigenvalue weighted by Gasteiger charge is -2.17. The number of hydrogen-bond acceptors (Lipinski definition) is 1. The van der Waals surface area contributed by atoms with Crippen molar-refractivity contribution in [2.75, 3.05) is 0 Å². The Morgan fingerprint density at radius 2 is 1.89 bits per heavy atom. The number of halogens is 1. The minimum atomic E-state index is 0.529. The zero-order valence-electron chi connectivity index (χ0n) is 15.6. The van der Waals surface area contributed by atoms with Crippen molar-refractivity contribution in [1.29, 1.82) is 0 Å². The van der Waals surface area contributed by atoms with Crippen LogP contribution in [0.15, 0.2) is 65.2 Å². The molecule has 0 saturated carbocycles. The van der Waals surface area contributed by atoms with Gasteiger partial charge in [0.2, 0.25) is 0 Å². The summed E-state index contributed by atoms with van der Waals surface area (Å²) in [4.78, 5) is 4.99. The first-order chi connectivity index (χ1) is 13.2. The van der Waals surface area contributed by atoms with Crippen LogP contribution in [-0.4, -0.2) is 5.71 Å². The average Bonchev–Trinajstić information content (AvgIpc) is 2.72. The third-order valence-electron chi connectivity index (χ3n) is 5.24. The molecular formula is C25H22ClN. The Kier molecular flexibility index (Phi) is 5.28. The molecule has 0 unspecified atom stereocenters. The van der Waals surface area contributed by atoms with Gasteiger partial charge in [0.05, 0.1) is 12.3 Å². The molecule has 0 bridgehead atoms. The molecule has 1 aliphatic carbocycles. The molecule has 2 aromatic carbocycles. The van der Waals surface area contributed by atoms with E-state index in [1.54, 1.807) is 0 Å². The van der Waals surface area contributed by atoms with Gasteiger partial charge in [-0.1, -0.05) is 53.8 Å². The summed E-state index contributed by atoms with van der Waals surface area (Å²) < 4.78 is 0. The first-order valence-corrected chi connectivity index (χ1v) is 9.89. The van der Waals surface area contributed by atoms with E-state index in [1.807, 2.05) is 30.4 Å². The molecule has 0 saturated heterocycles. The van der Waals surface area contributed by atoms with E-state index in [4.69, 9.17) is 16.6 Å². The maximum atomic E-state index is 6.46. The molecule has 4 rings (SSSR count). The van der Waals surface area contributed by atoms with E-state index in [9.17, 15) is 0 Å². The number of benzene rings is 2. The molecule has 2 aliphatic rings. The molecule has 2 aromatic rings. The van der Waals surface area contributed by atoms with E-state index in [0.717, 1.165) is 27.4 Å². The number of rotatable bonds is 1. The lowest BCUT2D eigenvalue weighted by molar-refractivity contribution is 0.685. The van der Waals surface area contributed by atoms with E-state index in [1.165, 1.54) is 42.4 Å². The summed E-state index contributed by atoms with van der Waals surface area (Å²) in [7, 11) is 0. The van der Waals surface area contributed by atoms with Crippen molar-refractivity contribution >= 4 is 17.3 Å². The van der Waals surface area contributed by atoms with Crippen molar-refractivity contribution < 1.29 is 0 Å². The lowest BCUT2D eigenvalue weighted by atomic mass is 9.89. The summed E-state index contributed by atoms with van der Waals surface area (Å²) in [5.41, 5.74) is 8.25. The van der Waals surface area contributed by atoms with Crippen LogP contribution in [0.4, 0.5) is 0 Å². The van der Waals surface area contributed by atoms with Crippen molar-refractivity contribution in [1.82, 2.24) is 0 Å². The topological polar surface area (TPSA) is 12.4 Å². The molecule has 0 fully saturated rings. The van der Waals surface area contributed by atoms with Crippen LogP contribution in [0.5, 0.6) is 0 Å². The van der Waals surface area contributed by atoms with Gasteiger partial charge in [0.1, 0.15) is 0 Å². The Hall–Kier alpha value is -2.56. The van der Waals surface area contributed by atoms with Crippen LogP contribution in [-0.2, 0) is 19.4 Å². The Morgan fingerprint density at radius 3 is 2.78 bits per heavy atom. The molecule has 0 N–H and O–H groups in total. The van der Waals surface area contributed by atoms with Crippen LogP contribution in [0.3, 0.4) is 0 Å². The van der Waals surface area contributed by atoms with Crippen LogP contribution in [0.2, 0.25) is 5.02 Å². The molecule has 1 heterocycles. The number of allylic oxidation sites excluding steroid dienone is 4. The predicted molar refractivity (Wildman–Crippen MR) is 115 cm³/mol. The maximum Gasteiger partial charge on any atom is 0.0679 e. The summed E-state index contributed by atoms with van der Waals surface area (Å²) in [6, 6.07) is 12.7. The largest absolute Gasteiger partial charge is 0.280 e. The van der Waals surface area contributed by atoms with Gasteiger partial charge in [-0.25, -0.2) is 0 Å². The second-order valence-corrected chi connectivity index (χ2v) is 7.51. The molecule has 0 radical (unpaired) electrons. The van der Waals surface area contributed by atoms with Gasteiger partial charge in [-0.15, -0.1) is 0 Å². The van der Waals surface area contributed by atoms with Crippen molar-refractivity contribution in [2.45, 2.75) is 39.2 Å². The van der Waals surface area contributed by atoms with Gasteiger partial charge in [-0.2, -0.15) is 0 Å². The zero-order valence-corrected chi connectivity index (χ0v) is 16.3. The first-order valence-electron chi connectivity index (χ1n) is 9.52. The van der Waals surface area contributed by atoms with E-state index < -0.39 is 0 Å². The van der Waals surface area contributed by atoms with Gasteiger partial charge in [-0.3, -0.25) is 4.99 Å². The van der Waals surface area contributed by atoms with E-state index in [2.05, 4.69) is 43.0 Å². The van der Waals surface area contributed by atoms with Crippen LogP contribution in [0, 0.1) is 11.8 Å². The minimum Gasteiger partial charge on any atom is -0.280 e. The number of aliphatic imine (C=N–C) groups is 1. The van der Waals surface area contributed by atoms with E-state index >= 15 is 0 Å². The van der Waals surface area contributed by atoms with Crippen molar-refractivity contribution in [3.63, 3.8) is 0 Å². The summed E-state index contributed by atoms with van der Waals surface area (Å²) in [6.45, 7) is 2.64. The molecule has 1 nitrogen and oxygen atoms in total. The molecule has 1 aliphatic heterocycles. The van der Waals surface area contributed by atoms with E-state index in [-0.39, 0.29) is 0 Å². The number of nitrogens with zero attached hydrogens (tertiary/aromatic N) is 1. The van der Waals surface area contributed by atoms with Gasteiger partial charge >= 0.3 is 0 Å². The standard InChI is InChI=1S/C25H22ClN/c1-18-8-3-2-4-10-20-12-7-13-24(26)23(20)17-27-25(18)22-15-14-19-9-5-6-11-21(19)16-22/h2-3,7-8,12-16H,5-6,9,11,17H2,1H3/b3-2-,18-8+,27-25+. The zero-order chi connectivity index (χ0) is 18.6. The molecule has 0 atom stereocenters. The molecule has 134 valence electrons. The van der Waals surface area contributed by atoms with Crippen LogP contribution in [0.25, 0.3) is 0 Å². The van der Waals surface area contributed by atoms with Gasteiger partial charge < -0.3 is 0 Å². The highest BCUT2D eigenvalue weighted by Gasteiger charge is 2.14. The molecule has 2 heteroatoms. The van der Waals surface area contributed by atoms with Crippen LogP contribution < -0.4 is 0 Å². The molecular weight excluding hydrogens is 350 g/mol. The molecule has 0 amide bonds. The highest BCUT2D eigenvalue weighted by molar-refractivity contribution is 6.31. The highest BCUT2D eigenvalue weighted by atomic mass is 35.5. The lowest BCUT2D eigenvalue weighted by Crippen LogP contribution is -2.08. The second kappa shape index (κ2) is 7.99. The Balaban J connectivity index is 1.80. The second-order valence-electron chi connectivity index (χ2n) is 7.10. The van der Waals surface area contributed by atoms with Crippen molar-refractivity contribution in [2.24, 2.45) is 4.99 Å². The Morgan fingerprint density at radius 1 is 1.04 bits per heavy atom. The molecule has 0 spiro atoms. The fourth-order valence-corrected chi connectivity index (χ4v) is 3.99. The van der Waals surface area contributed by atoms with Crippen LogP contribution in [0.1, 0.15) is 47.6 Å². The summed E-state index contributed by atoms with van der Waals surface area (Å²) in [5, 5.41) is 0.722.